The Morgan fingerprint density at radius 2 is 1.92 bits per heavy atom. The standard InChI is InChI=1S/C17H20N2O5S/c1-9-7-14(25-8-11(17(21)22)19-10(2)20)15-12(23-3)5-6-13(24-4)16(15)18-9/h5-7,11H,8H2,1-4H3,(H,19,20)(H,21,22)/t11-/m1/s1. The quantitative estimate of drug-likeness (QED) is 0.727. The molecule has 2 aromatic rings. The summed E-state index contributed by atoms with van der Waals surface area (Å²) < 4.78 is 10.8. The van der Waals surface area contributed by atoms with E-state index in [1.807, 2.05) is 13.0 Å². The van der Waals surface area contributed by atoms with Gasteiger partial charge in [0.2, 0.25) is 5.91 Å². The summed E-state index contributed by atoms with van der Waals surface area (Å²) in [6.45, 7) is 3.14. The van der Waals surface area contributed by atoms with Gasteiger partial charge in [-0.05, 0) is 25.1 Å². The third-order valence-corrected chi connectivity index (χ3v) is 4.63. The average Bonchev–Trinajstić information content (AvgIpc) is 2.56. The molecular formula is C17H20N2O5S. The van der Waals surface area contributed by atoms with Crippen LogP contribution >= 0.6 is 11.8 Å². The number of thioether (sulfide) groups is 1. The summed E-state index contributed by atoms with van der Waals surface area (Å²) >= 11 is 1.32. The minimum absolute atomic E-state index is 0.174. The van der Waals surface area contributed by atoms with Crippen molar-refractivity contribution in [2.45, 2.75) is 24.8 Å². The molecule has 0 spiro atoms. The van der Waals surface area contributed by atoms with E-state index in [1.54, 1.807) is 26.4 Å². The molecule has 0 fully saturated rings. The summed E-state index contributed by atoms with van der Waals surface area (Å²) in [6, 6.07) is 4.44. The second-order valence-electron chi connectivity index (χ2n) is 5.36. The highest BCUT2D eigenvalue weighted by molar-refractivity contribution is 7.99. The molecule has 7 nitrogen and oxygen atoms in total. The Balaban J connectivity index is 2.46. The van der Waals surface area contributed by atoms with E-state index in [4.69, 9.17) is 9.47 Å². The number of carbonyl (C=O) groups excluding carboxylic acids is 1. The maximum atomic E-state index is 11.3. The molecule has 2 rings (SSSR count). The van der Waals surface area contributed by atoms with E-state index < -0.39 is 12.0 Å². The third-order valence-electron chi connectivity index (χ3n) is 3.50. The molecular weight excluding hydrogens is 344 g/mol. The molecule has 8 heteroatoms. The Morgan fingerprint density at radius 3 is 2.48 bits per heavy atom. The van der Waals surface area contributed by atoms with Crippen molar-refractivity contribution >= 4 is 34.5 Å². The molecule has 1 heterocycles. The maximum Gasteiger partial charge on any atom is 0.327 e. The van der Waals surface area contributed by atoms with Gasteiger partial charge in [0, 0.05) is 23.3 Å². The average molecular weight is 364 g/mol. The van der Waals surface area contributed by atoms with E-state index in [0.29, 0.717) is 17.0 Å². The van der Waals surface area contributed by atoms with Crippen molar-refractivity contribution in [2.75, 3.05) is 20.0 Å². The van der Waals surface area contributed by atoms with Gasteiger partial charge >= 0.3 is 5.97 Å². The minimum atomic E-state index is -1.08. The zero-order valence-corrected chi connectivity index (χ0v) is 15.3. The van der Waals surface area contributed by atoms with Gasteiger partial charge in [0.1, 0.15) is 23.1 Å². The lowest BCUT2D eigenvalue weighted by Crippen LogP contribution is -2.41. The van der Waals surface area contributed by atoms with E-state index in [2.05, 4.69) is 10.3 Å². The predicted molar refractivity (Wildman–Crippen MR) is 95.5 cm³/mol. The van der Waals surface area contributed by atoms with Crippen LogP contribution in [0.5, 0.6) is 11.5 Å². The Hall–Kier alpha value is -2.48. The number of nitrogens with one attached hydrogen (secondary N) is 1. The zero-order chi connectivity index (χ0) is 18.6. The van der Waals surface area contributed by atoms with Crippen LogP contribution < -0.4 is 14.8 Å². The number of carbonyl (C=O) groups is 2. The molecule has 1 aromatic heterocycles. The Kier molecular flexibility index (Phi) is 6.08. The molecule has 0 radical (unpaired) electrons. The number of amides is 1. The molecule has 0 saturated heterocycles. The van der Waals surface area contributed by atoms with E-state index in [0.717, 1.165) is 16.0 Å². The molecule has 1 atom stereocenters. The lowest BCUT2D eigenvalue weighted by molar-refractivity contribution is -0.140. The van der Waals surface area contributed by atoms with Gasteiger partial charge in [0.25, 0.3) is 0 Å². The lowest BCUT2D eigenvalue weighted by Gasteiger charge is -2.16. The summed E-state index contributed by atoms with van der Waals surface area (Å²) in [5.74, 6) is -0.0612. The van der Waals surface area contributed by atoms with Gasteiger partial charge in [0.05, 0.1) is 19.6 Å². The monoisotopic (exact) mass is 364 g/mol. The van der Waals surface area contributed by atoms with Gasteiger partial charge in [-0.3, -0.25) is 4.79 Å². The van der Waals surface area contributed by atoms with Crippen LogP contribution in [0.2, 0.25) is 0 Å². The minimum Gasteiger partial charge on any atom is -0.496 e. The van der Waals surface area contributed by atoms with Crippen LogP contribution in [-0.2, 0) is 9.59 Å². The zero-order valence-electron chi connectivity index (χ0n) is 14.5. The number of aliphatic carboxylic acids is 1. The first-order chi connectivity index (χ1) is 11.9. The summed E-state index contributed by atoms with van der Waals surface area (Å²) in [5.41, 5.74) is 1.42. The van der Waals surface area contributed by atoms with E-state index >= 15 is 0 Å². The molecule has 0 aliphatic heterocycles. The highest BCUT2D eigenvalue weighted by Gasteiger charge is 2.21. The van der Waals surface area contributed by atoms with Gasteiger partial charge < -0.3 is 19.9 Å². The summed E-state index contributed by atoms with van der Waals surface area (Å²) in [6.07, 6.45) is 0. The Labute approximate surface area is 149 Å². The number of carboxylic acids is 1. The summed E-state index contributed by atoms with van der Waals surface area (Å²) in [5, 5.41) is 12.5. The lowest BCUT2D eigenvalue weighted by atomic mass is 10.1. The number of carboxylic acid groups (broad SMARTS) is 1. The number of aryl methyl sites for hydroxylation is 1. The highest BCUT2D eigenvalue weighted by atomic mass is 32.2. The molecule has 1 amide bonds. The largest absolute Gasteiger partial charge is 0.496 e. The molecule has 1 aromatic carbocycles. The number of benzene rings is 1. The number of rotatable bonds is 7. The fourth-order valence-corrected chi connectivity index (χ4v) is 3.58. The molecule has 0 bridgehead atoms. The second-order valence-corrected chi connectivity index (χ2v) is 6.42. The number of fused-ring (bicyclic) bond motifs is 1. The highest BCUT2D eigenvalue weighted by Crippen LogP contribution is 2.39. The van der Waals surface area contributed by atoms with Gasteiger partial charge in [-0.25, -0.2) is 9.78 Å². The van der Waals surface area contributed by atoms with Gasteiger partial charge in [0.15, 0.2) is 0 Å². The van der Waals surface area contributed by atoms with Crippen molar-refractivity contribution < 1.29 is 24.2 Å². The Bertz CT molecular complexity index is 809. The first-order valence-corrected chi connectivity index (χ1v) is 8.51. The first-order valence-electron chi connectivity index (χ1n) is 7.52. The van der Waals surface area contributed by atoms with Crippen LogP contribution in [0.25, 0.3) is 10.9 Å². The molecule has 134 valence electrons. The van der Waals surface area contributed by atoms with Crippen LogP contribution in [0, 0.1) is 6.92 Å². The smallest absolute Gasteiger partial charge is 0.327 e. The normalized spacial score (nSPS) is 11.8. The number of nitrogens with zero attached hydrogens (tertiary/aromatic N) is 1. The van der Waals surface area contributed by atoms with Crippen molar-refractivity contribution in [1.29, 1.82) is 0 Å². The summed E-state index contributed by atoms with van der Waals surface area (Å²) in [4.78, 5) is 27.9. The molecule has 0 saturated carbocycles. The predicted octanol–water partition coefficient (Wildman–Crippen LogP) is 2.24. The second kappa shape index (κ2) is 8.06. The molecule has 0 aliphatic rings. The van der Waals surface area contributed by atoms with Crippen molar-refractivity contribution in [3.05, 3.63) is 23.9 Å². The van der Waals surface area contributed by atoms with Gasteiger partial charge in [-0.1, -0.05) is 0 Å². The van der Waals surface area contributed by atoms with Crippen LogP contribution in [0.4, 0.5) is 0 Å². The van der Waals surface area contributed by atoms with Crippen molar-refractivity contribution in [1.82, 2.24) is 10.3 Å². The van der Waals surface area contributed by atoms with Crippen molar-refractivity contribution in [2.24, 2.45) is 0 Å². The fourth-order valence-electron chi connectivity index (χ4n) is 2.41. The van der Waals surface area contributed by atoms with Crippen molar-refractivity contribution in [3.63, 3.8) is 0 Å². The number of pyridine rings is 1. The van der Waals surface area contributed by atoms with Crippen LogP contribution in [0.3, 0.4) is 0 Å². The number of hydrogen-bond donors (Lipinski definition) is 2. The third kappa shape index (κ3) is 4.33. The molecule has 25 heavy (non-hydrogen) atoms. The van der Waals surface area contributed by atoms with Gasteiger partial charge in [-0.15, -0.1) is 11.8 Å². The number of methoxy groups -OCH3 is 2. The number of hydrogen-bond acceptors (Lipinski definition) is 6. The van der Waals surface area contributed by atoms with Crippen LogP contribution in [0.1, 0.15) is 12.6 Å². The van der Waals surface area contributed by atoms with Crippen LogP contribution in [-0.4, -0.2) is 48.0 Å². The van der Waals surface area contributed by atoms with Crippen LogP contribution in [0.15, 0.2) is 23.1 Å². The van der Waals surface area contributed by atoms with E-state index in [9.17, 15) is 14.7 Å². The number of ether oxygens (including phenoxy) is 2. The topological polar surface area (TPSA) is 97.8 Å². The van der Waals surface area contributed by atoms with Crippen molar-refractivity contribution in [3.8, 4) is 11.5 Å². The van der Waals surface area contributed by atoms with Gasteiger partial charge in [-0.2, -0.15) is 0 Å². The molecule has 0 unspecified atom stereocenters. The Morgan fingerprint density at radius 1 is 1.28 bits per heavy atom. The fraction of sp³-hybridized carbons (Fsp3) is 0.353. The maximum absolute atomic E-state index is 11.3. The van der Waals surface area contributed by atoms with E-state index in [-0.39, 0.29) is 11.7 Å². The summed E-state index contributed by atoms with van der Waals surface area (Å²) in [7, 11) is 3.13. The SMILES string of the molecule is COc1ccc(OC)c2c(SC[C@@H](NC(C)=O)C(=O)O)cc(C)nc12. The first kappa shape index (κ1) is 18.9. The number of aromatic nitrogens is 1. The molecule has 0 aliphatic carbocycles. The molecule has 2 N–H and O–H groups in total. The van der Waals surface area contributed by atoms with E-state index in [1.165, 1.54) is 18.7 Å².